The average Bonchev–Trinajstić information content (AvgIpc) is 2.31. The summed E-state index contributed by atoms with van der Waals surface area (Å²) in [6, 6.07) is 5.55. The summed E-state index contributed by atoms with van der Waals surface area (Å²) in [6.45, 7) is 7.82. The van der Waals surface area contributed by atoms with E-state index in [9.17, 15) is 4.39 Å². The molecular formula is C16H28FN3. The van der Waals surface area contributed by atoms with E-state index in [1.807, 2.05) is 27.1 Å². The molecule has 20 heavy (non-hydrogen) atoms. The van der Waals surface area contributed by atoms with Crippen LogP contribution in [-0.4, -0.2) is 44.2 Å². The summed E-state index contributed by atoms with van der Waals surface area (Å²) in [6.07, 6.45) is 0.693. The molecule has 0 aliphatic rings. The van der Waals surface area contributed by atoms with E-state index in [2.05, 4.69) is 23.6 Å². The molecule has 0 saturated carbocycles. The number of hydrogen-bond donors (Lipinski definition) is 1. The van der Waals surface area contributed by atoms with Crippen LogP contribution in [0.25, 0.3) is 0 Å². The average molecular weight is 281 g/mol. The lowest BCUT2D eigenvalue weighted by molar-refractivity contribution is 0.371. The summed E-state index contributed by atoms with van der Waals surface area (Å²) < 4.78 is 14.3. The lowest BCUT2D eigenvalue weighted by Gasteiger charge is -2.34. The normalized spacial score (nSPS) is 14.4. The van der Waals surface area contributed by atoms with E-state index in [-0.39, 0.29) is 17.9 Å². The summed E-state index contributed by atoms with van der Waals surface area (Å²) in [5.74, 6) is -0.157. The fraction of sp³-hybridized carbons (Fsp3) is 0.625. The zero-order valence-electron chi connectivity index (χ0n) is 13.4. The molecule has 0 aliphatic carbocycles. The van der Waals surface area contributed by atoms with E-state index in [0.29, 0.717) is 12.1 Å². The topological polar surface area (TPSA) is 32.5 Å². The molecule has 2 atom stereocenters. The Hall–Kier alpha value is -1.13. The molecule has 0 fully saturated rings. The molecule has 3 nitrogen and oxygen atoms in total. The zero-order valence-corrected chi connectivity index (χ0v) is 13.4. The molecule has 0 aromatic heterocycles. The molecule has 0 spiro atoms. The van der Waals surface area contributed by atoms with Crippen molar-refractivity contribution in [2.75, 3.05) is 32.1 Å². The molecule has 1 aromatic carbocycles. The van der Waals surface area contributed by atoms with Gasteiger partial charge in [0.1, 0.15) is 5.82 Å². The van der Waals surface area contributed by atoms with Gasteiger partial charge in [0.15, 0.2) is 0 Å². The van der Waals surface area contributed by atoms with Crippen LogP contribution in [0.3, 0.4) is 0 Å². The van der Waals surface area contributed by atoms with Gasteiger partial charge in [-0.1, -0.05) is 12.1 Å². The number of nitrogens with two attached hydrogens (primary N) is 1. The molecule has 0 heterocycles. The minimum Gasteiger partial charge on any atom is -0.365 e. The first-order valence-electron chi connectivity index (χ1n) is 7.31. The van der Waals surface area contributed by atoms with Crippen molar-refractivity contribution in [2.24, 2.45) is 5.73 Å². The summed E-state index contributed by atoms with van der Waals surface area (Å²) in [7, 11) is 4.07. The minimum absolute atomic E-state index is 0.0263. The van der Waals surface area contributed by atoms with E-state index in [0.717, 1.165) is 18.7 Å². The van der Waals surface area contributed by atoms with E-state index >= 15 is 0 Å². The van der Waals surface area contributed by atoms with Gasteiger partial charge < -0.3 is 15.5 Å². The lowest BCUT2D eigenvalue weighted by Crippen LogP contribution is -2.41. The predicted molar refractivity (Wildman–Crippen MR) is 84.8 cm³/mol. The predicted octanol–water partition coefficient (Wildman–Crippen LogP) is 2.49. The lowest BCUT2D eigenvalue weighted by atomic mass is 10.0. The summed E-state index contributed by atoms with van der Waals surface area (Å²) in [5, 5.41) is 0. The van der Waals surface area contributed by atoms with Gasteiger partial charge in [-0.05, 0) is 52.9 Å². The maximum atomic E-state index is 14.3. The summed E-state index contributed by atoms with van der Waals surface area (Å²) in [5.41, 5.74) is 7.60. The number of hydrogen-bond acceptors (Lipinski definition) is 3. The zero-order chi connectivity index (χ0) is 15.3. The molecule has 0 amide bonds. The highest BCUT2D eigenvalue weighted by Crippen LogP contribution is 2.27. The van der Waals surface area contributed by atoms with Crippen LogP contribution in [0, 0.1) is 5.82 Å². The molecule has 114 valence electrons. The molecule has 0 radical (unpaired) electrons. The van der Waals surface area contributed by atoms with Crippen LogP contribution in [0.15, 0.2) is 18.2 Å². The number of para-hydroxylation sites is 1. The first kappa shape index (κ1) is 16.9. The number of nitrogens with zero attached hydrogens (tertiary/aromatic N) is 2. The highest BCUT2D eigenvalue weighted by Gasteiger charge is 2.20. The van der Waals surface area contributed by atoms with Crippen LogP contribution >= 0.6 is 0 Å². The van der Waals surface area contributed by atoms with Crippen LogP contribution in [0.4, 0.5) is 10.1 Å². The second kappa shape index (κ2) is 7.60. The van der Waals surface area contributed by atoms with Crippen LogP contribution in [0.1, 0.15) is 26.3 Å². The smallest absolute Gasteiger partial charge is 0.146 e. The second-order valence-corrected chi connectivity index (χ2v) is 5.83. The molecule has 0 aliphatic heterocycles. The largest absolute Gasteiger partial charge is 0.365 e. The Morgan fingerprint density at radius 3 is 2.40 bits per heavy atom. The van der Waals surface area contributed by atoms with E-state index in [1.54, 1.807) is 6.07 Å². The standard InChI is InChI=1S/C16H28FN3/c1-6-20(13(3)11-19(4)5)16-14(10-12(2)18)8-7-9-15(16)17/h7-9,12-13H,6,10-11,18H2,1-5H3. The van der Waals surface area contributed by atoms with Crippen molar-refractivity contribution in [3.05, 3.63) is 29.6 Å². The third kappa shape index (κ3) is 4.46. The number of benzene rings is 1. The van der Waals surface area contributed by atoms with Crippen molar-refractivity contribution in [2.45, 2.75) is 39.3 Å². The van der Waals surface area contributed by atoms with Gasteiger partial charge in [-0.3, -0.25) is 0 Å². The monoisotopic (exact) mass is 281 g/mol. The van der Waals surface area contributed by atoms with Gasteiger partial charge in [-0.25, -0.2) is 4.39 Å². The molecule has 1 rings (SSSR count). The van der Waals surface area contributed by atoms with Gasteiger partial charge in [0, 0.05) is 25.2 Å². The van der Waals surface area contributed by atoms with Crippen molar-refractivity contribution in [3.8, 4) is 0 Å². The number of anilines is 1. The van der Waals surface area contributed by atoms with Crippen LogP contribution in [0.2, 0.25) is 0 Å². The van der Waals surface area contributed by atoms with Crippen LogP contribution in [-0.2, 0) is 6.42 Å². The van der Waals surface area contributed by atoms with Gasteiger partial charge in [0.25, 0.3) is 0 Å². The SMILES string of the molecule is CCN(c1c(F)cccc1CC(C)N)C(C)CN(C)C. The first-order valence-corrected chi connectivity index (χ1v) is 7.31. The Morgan fingerprint density at radius 1 is 1.25 bits per heavy atom. The second-order valence-electron chi connectivity index (χ2n) is 5.83. The third-order valence-electron chi connectivity index (χ3n) is 3.40. The van der Waals surface area contributed by atoms with Crippen LogP contribution in [0.5, 0.6) is 0 Å². The van der Waals surface area contributed by atoms with E-state index < -0.39 is 0 Å². The third-order valence-corrected chi connectivity index (χ3v) is 3.40. The number of likely N-dealkylation sites (N-methyl/N-ethyl adjacent to an activating group) is 2. The fourth-order valence-electron chi connectivity index (χ4n) is 2.71. The maximum Gasteiger partial charge on any atom is 0.146 e. The summed E-state index contributed by atoms with van der Waals surface area (Å²) in [4.78, 5) is 4.26. The number of halogens is 1. The van der Waals surface area contributed by atoms with E-state index in [1.165, 1.54) is 6.07 Å². The first-order chi connectivity index (χ1) is 9.36. The molecule has 1 aromatic rings. The van der Waals surface area contributed by atoms with Crippen molar-refractivity contribution in [1.82, 2.24) is 4.90 Å². The minimum atomic E-state index is -0.157. The quantitative estimate of drug-likeness (QED) is 0.833. The molecular weight excluding hydrogens is 253 g/mol. The highest BCUT2D eigenvalue weighted by molar-refractivity contribution is 5.56. The van der Waals surface area contributed by atoms with Gasteiger partial charge in [0.2, 0.25) is 0 Å². The van der Waals surface area contributed by atoms with Gasteiger partial charge in [0.05, 0.1) is 5.69 Å². The van der Waals surface area contributed by atoms with Crippen molar-refractivity contribution < 1.29 is 4.39 Å². The Bertz CT molecular complexity index is 418. The number of rotatable bonds is 7. The summed E-state index contributed by atoms with van der Waals surface area (Å²) >= 11 is 0. The maximum absolute atomic E-state index is 14.3. The van der Waals surface area contributed by atoms with Gasteiger partial charge >= 0.3 is 0 Å². The molecule has 2 unspecified atom stereocenters. The van der Waals surface area contributed by atoms with Crippen molar-refractivity contribution in [3.63, 3.8) is 0 Å². The Kier molecular flexibility index (Phi) is 6.43. The van der Waals surface area contributed by atoms with Crippen molar-refractivity contribution in [1.29, 1.82) is 0 Å². The molecule has 0 bridgehead atoms. The van der Waals surface area contributed by atoms with E-state index in [4.69, 9.17) is 5.73 Å². The molecule has 0 saturated heterocycles. The van der Waals surface area contributed by atoms with Crippen LogP contribution < -0.4 is 10.6 Å². The molecule has 4 heteroatoms. The Morgan fingerprint density at radius 2 is 1.90 bits per heavy atom. The fourth-order valence-corrected chi connectivity index (χ4v) is 2.71. The van der Waals surface area contributed by atoms with Gasteiger partial charge in [-0.2, -0.15) is 0 Å². The highest BCUT2D eigenvalue weighted by atomic mass is 19.1. The molecule has 2 N–H and O–H groups in total. The van der Waals surface area contributed by atoms with Gasteiger partial charge in [-0.15, -0.1) is 0 Å². The Labute approximate surface area is 122 Å². The van der Waals surface area contributed by atoms with Crippen molar-refractivity contribution >= 4 is 5.69 Å². The Balaban J connectivity index is 3.12.